The van der Waals surface area contributed by atoms with E-state index in [1.807, 2.05) is 50.2 Å². The van der Waals surface area contributed by atoms with Crippen molar-refractivity contribution in [3.8, 4) is 5.75 Å². The van der Waals surface area contributed by atoms with E-state index in [0.717, 1.165) is 33.4 Å². The number of nitrogens with one attached hydrogen (secondary N) is 2. The summed E-state index contributed by atoms with van der Waals surface area (Å²) < 4.78 is 0. The predicted molar refractivity (Wildman–Crippen MR) is 105 cm³/mol. The van der Waals surface area contributed by atoms with Crippen LogP contribution < -0.4 is 5.32 Å². The van der Waals surface area contributed by atoms with Crippen LogP contribution in [0.5, 0.6) is 5.75 Å². The normalized spacial score (nSPS) is 10.7. The topological polar surface area (TPSA) is 78.0 Å². The van der Waals surface area contributed by atoms with Gasteiger partial charge in [0.05, 0.1) is 11.4 Å². The molecule has 134 valence electrons. The monoisotopic (exact) mass is 367 g/mol. The molecule has 0 fully saturated rings. The van der Waals surface area contributed by atoms with Gasteiger partial charge >= 0.3 is 0 Å². The van der Waals surface area contributed by atoms with Crippen molar-refractivity contribution in [3.05, 3.63) is 71.0 Å². The van der Waals surface area contributed by atoms with Gasteiger partial charge in [0, 0.05) is 17.8 Å². The molecule has 6 heteroatoms. The predicted octanol–water partition coefficient (Wildman–Crippen LogP) is 4.05. The Bertz CT molecular complexity index is 886. The maximum atomic E-state index is 12.1. The first-order chi connectivity index (χ1) is 12.5. The van der Waals surface area contributed by atoms with E-state index in [9.17, 15) is 9.90 Å². The van der Waals surface area contributed by atoms with E-state index in [4.69, 9.17) is 0 Å². The molecule has 2 aromatic carbocycles. The molecule has 0 radical (unpaired) electrons. The first-order valence-corrected chi connectivity index (χ1v) is 9.31. The number of hydrogen-bond acceptors (Lipinski definition) is 4. The third kappa shape index (κ3) is 4.89. The Labute approximate surface area is 156 Å². The number of aromatic hydroxyl groups is 1. The van der Waals surface area contributed by atoms with Crippen molar-refractivity contribution in [1.29, 1.82) is 0 Å². The minimum Gasteiger partial charge on any atom is -0.508 e. The highest BCUT2D eigenvalue weighted by Gasteiger charge is 2.10. The number of aromatic nitrogens is 2. The summed E-state index contributed by atoms with van der Waals surface area (Å²) in [4.78, 5) is 19.9. The molecule has 0 aliphatic rings. The number of benzene rings is 2. The van der Waals surface area contributed by atoms with Gasteiger partial charge in [-0.15, -0.1) is 0 Å². The number of aromatic amines is 1. The molecule has 3 rings (SSSR count). The van der Waals surface area contributed by atoms with Gasteiger partial charge in [0.15, 0.2) is 5.16 Å². The largest absolute Gasteiger partial charge is 0.508 e. The van der Waals surface area contributed by atoms with E-state index in [1.165, 1.54) is 11.8 Å². The van der Waals surface area contributed by atoms with Gasteiger partial charge in [0.2, 0.25) is 5.91 Å². The number of hydrogen-bond donors (Lipinski definition) is 3. The van der Waals surface area contributed by atoms with E-state index >= 15 is 0 Å². The van der Waals surface area contributed by atoms with Gasteiger partial charge in [-0.05, 0) is 43.7 Å². The van der Waals surface area contributed by atoms with Gasteiger partial charge in [0.25, 0.3) is 0 Å². The standard InChI is InChI=1S/C20H21N3O2S/c1-13-3-7-16(8-4-13)22-19(25)12-26-20-21-14(2)18(23-20)11-15-5-9-17(24)10-6-15/h3-10,24H,11-12H2,1-2H3,(H,21,23)(H,22,25). The molecule has 26 heavy (non-hydrogen) atoms. The summed E-state index contributed by atoms with van der Waals surface area (Å²) in [7, 11) is 0. The maximum absolute atomic E-state index is 12.1. The van der Waals surface area contributed by atoms with Crippen molar-refractivity contribution in [2.75, 3.05) is 11.1 Å². The van der Waals surface area contributed by atoms with Gasteiger partial charge in [-0.1, -0.05) is 41.6 Å². The molecule has 0 spiro atoms. The molecular weight excluding hydrogens is 346 g/mol. The van der Waals surface area contributed by atoms with Crippen molar-refractivity contribution >= 4 is 23.4 Å². The van der Waals surface area contributed by atoms with Crippen LogP contribution in [-0.2, 0) is 11.2 Å². The third-order valence-electron chi connectivity index (χ3n) is 3.95. The Morgan fingerprint density at radius 1 is 1.12 bits per heavy atom. The molecule has 3 aromatic rings. The first-order valence-electron chi connectivity index (χ1n) is 8.32. The van der Waals surface area contributed by atoms with E-state index in [2.05, 4.69) is 15.3 Å². The van der Waals surface area contributed by atoms with Gasteiger partial charge in [-0.3, -0.25) is 4.79 Å². The average molecular weight is 367 g/mol. The SMILES string of the molecule is Cc1ccc(NC(=O)CSc2nc(Cc3ccc(O)cc3)c(C)[nH]2)cc1. The van der Waals surface area contributed by atoms with Gasteiger partial charge in [0.1, 0.15) is 5.75 Å². The summed E-state index contributed by atoms with van der Waals surface area (Å²) in [6, 6.07) is 14.8. The van der Waals surface area contributed by atoms with E-state index < -0.39 is 0 Å². The highest BCUT2D eigenvalue weighted by molar-refractivity contribution is 7.99. The number of nitrogens with zero attached hydrogens (tertiary/aromatic N) is 1. The van der Waals surface area contributed by atoms with Crippen molar-refractivity contribution in [3.63, 3.8) is 0 Å². The quantitative estimate of drug-likeness (QED) is 0.574. The summed E-state index contributed by atoms with van der Waals surface area (Å²) in [6.07, 6.45) is 0.679. The zero-order valence-electron chi connectivity index (χ0n) is 14.7. The Morgan fingerprint density at radius 3 is 2.50 bits per heavy atom. The van der Waals surface area contributed by atoms with Crippen LogP contribution in [0.15, 0.2) is 53.7 Å². The number of imidazole rings is 1. The van der Waals surface area contributed by atoms with Crippen molar-refractivity contribution in [1.82, 2.24) is 9.97 Å². The Morgan fingerprint density at radius 2 is 1.81 bits per heavy atom. The number of carbonyl (C=O) groups is 1. The fourth-order valence-corrected chi connectivity index (χ4v) is 3.22. The first kappa shape index (κ1) is 18.1. The van der Waals surface area contributed by atoms with Gasteiger partial charge < -0.3 is 15.4 Å². The van der Waals surface area contributed by atoms with Crippen LogP contribution in [0.4, 0.5) is 5.69 Å². The second kappa shape index (κ2) is 8.10. The summed E-state index contributed by atoms with van der Waals surface area (Å²) >= 11 is 1.38. The fourth-order valence-electron chi connectivity index (χ4n) is 2.48. The molecule has 0 saturated carbocycles. The van der Waals surface area contributed by atoms with Crippen LogP contribution in [0.25, 0.3) is 0 Å². The third-order valence-corrected chi connectivity index (χ3v) is 4.82. The highest BCUT2D eigenvalue weighted by atomic mass is 32.2. The van der Waals surface area contributed by atoms with E-state index in [-0.39, 0.29) is 11.7 Å². The molecule has 3 N–H and O–H groups in total. The molecule has 0 saturated heterocycles. The molecule has 1 aromatic heterocycles. The average Bonchev–Trinajstić information content (AvgIpc) is 2.97. The van der Waals surface area contributed by atoms with Gasteiger partial charge in [-0.2, -0.15) is 0 Å². The lowest BCUT2D eigenvalue weighted by molar-refractivity contribution is -0.113. The fraction of sp³-hybridized carbons (Fsp3) is 0.200. The van der Waals surface area contributed by atoms with Crippen LogP contribution in [0.1, 0.15) is 22.5 Å². The molecular formula is C20H21N3O2S. The second-order valence-electron chi connectivity index (χ2n) is 6.16. The minimum atomic E-state index is -0.0620. The lowest BCUT2D eigenvalue weighted by Gasteiger charge is -2.04. The number of H-pyrrole nitrogens is 1. The molecule has 0 aliphatic heterocycles. The Hall–Kier alpha value is -2.73. The van der Waals surface area contributed by atoms with Crippen LogP contribution >= 0.6 is 11.8 Å². The van der Waals surface area contributed by atoms with Crippen molar-refractivity contribution in [2.45, 2.75) is 25.4 Å². The number of phenols is 1. The zero-order valence-corrected chi connectivity index (χ0v) is 15.6. The van der Waals surface area contributed by atoms with Crippen LogP contribution in [0.2, 0.25) is 0 Å². The molecule has 1 amide bonds. The van der Waals surface area contributed by atoms with Crippen LogP contribution in [0, 0.1) is 13.8 Å². The number of phenolic OH excluding ortho intramolecular Hbond substituents is 1. The smallest absolute Gasteiger partial charge is 0.234 e. The maximum Gasteiger partial charge on any atom is 0.234 e. The summed E-state index contributed by atoms with van der Waals surface area (Å²) in [5.41, 5.74) is 4.96. The van der Waals surface area contributed by atoms with Crippen LogP contribution in [-0.4, -0.2) is 26.7 Å². The number of amides is 1. The lowest BCUT2D eigenvalue weighted by atomic mass is 10.1. The summed E-state index contributed by atoms with van der Waals surface area (Å²) in [5.74, 6) is 0.482. The molecule has 0 unspecified atom stereocenters. The zero-order chi connectivity index (χ0) is 18.5. The molecule has 1 heterocycles. The number of rotatable bonds is 6. The molecule has 0 bridgehead atoms. The van der Waals surface area contributed by atoms with Crippen molar-refractivity contribution < 1.29 is 9.90 Å². The number of carbonyl (C=O) groups excluding carboxylic acids is 1. The molecule has 0 aliphatic carbocycles. The minimum absolute atomic E-state index is 0.0620. The van der Waals surface area contributed by atoms with E-state index in [0.29, 0.717) is 12.2 Å². The highest BCUT2D eigenvalue weighted by Crippen LogP contribution is 2.20. The molecule has 0 atom stereocenters. The number of anilines is 1. The summed E-state index contributed by atoms with van der Waals surface area (Å²) in [5, 5.41) is 13.0. The summed E-state index contributed by atoms with van der Waals surface area (Å²) in [6.45, 7) is 3.98. The number of aryl methyl sites for hydroxylation is 2. The Kier molecular flexibility index (Phi) is 5.63. The van der Waals surface area contributed by atoms with Crippen LogP contribution in [0.3, 0.4) is 0 Å². The number of thioether (sulfide) groups is 1. The van der Waals surface area contributed by atoms with Crippen molar-refractivity contribution in [2.24, 2.45) is 0 Å². The Balaban J connectivity index is 1.56. The van der Waals surface area contributed by atoms with Gasteiger partial charge in [-0.25, -0.2) is 4.98 Å². The lowest BCUT2D eigenvalue weighted by Crippen LogP contribution is -2.14. The van der Waals surface area contributed by atoms with E-state index in [1.54, 1.807) is 12.1 Å². The second-order valence-corrected chi connectivity index (χ2v) is 7.12. The molecule has 5 nitrogen and oxygen atoms in total.